The molecule has 9 heavy (non-hydrogen) atoms. The molecule has 0 spiro atoms. The van der Waals surface area contributed by atoms with Crippen LogP contribution in [0, 0.1) is 0 Å². The average Bonchev–Trinajstić information content (AvgIpc) is 1.36. The second-order valence-corrected chi connectivity index (χ2v) is 1.22. The molecule has 44 valence electrons. The van der Waals surface area contributed by atoms with E-state index in [2.05, 4.69) is 13.2 Å². The van der Waals surface area contributed by atoms with Gasteiger partial charge in [-0.25, -0.2) is 0 Å². The van der Waals surface area contributed by atoms with Crippen LogP contribution in [0.15, 0.2) is 13.2 Å². The Morgan fingerprint density at radius 1 is 1.00 bits per heavy atom. The Bertz CT molecular complexity index is 111. The molecular formula is C2H4K2O4S. The summed E-state index contributed by atoms with van der Waals surface area (Å²) in [5.74, 6) is 0. The molecule has 0 radical (unpaired) electrons. The zero-order valence-electron chi connectivity index (χ0n) is 5.46. The summed E-state index contributed by atoms with van der Waals surface area (Å²) in [7, 11) is -5.17. The van der Waals surface area contributed by atoms with Gasteiger partial charge in [0.05, 0.1) is 0 Å². The van der Waals surface area contributed by atoms with Crippen LogP contribution in [0.3, 0.4) is 0 Å². The van der Waals surface area contributed by atoms with E-state index < -0.39 is 10.4 Å². The van der Waals surface area contributed by atoms with Crippen molar-refractivity contribution in [2.75, 3.05) is 0 Å². The van der Waals surface area contributed by atoms with Gasteiger partial charge >= 0.3 is 103 Å². The van der Waals surface area contributed by atoms with Gasteiger partial charge in [0.1, 0.15) is 0 Å². The van der Waals surface area contributed by atoms with Crippen LogP contribution in [-0.2, 0) is 10.4 Å². The molecule has 0 aliphatic heterocycles. The second-order valence-electron chi connectivity index (χ2n) is 0.408. The van der Waals surface area contributed by atoms with Crippen LogP contribution in [0.5, 0.6) is 0 Å². The van der Waals surface area contributed by atoms with E-state index in [0.717, 1.165) is 0 Å². The van der Waals surface area contributed by atoms with Gasteiger partial charge in [0.25, 0.3) is 0 Å². The fourth-order valence-electron chi connectivity index (χ4n) is 0. The van der Waals surface area contributed by atoms with Crippen molar-refractivity contribution in [1.82, 2.24) is 0 Å². The summed E-state index contributed by atoms with van der Waals surface area (Å²) < 4.78 is 34.1. The fraction of sp³-hybridized carbons (Fsp3) is 0. The minimum absolute atomic E-state index is 0. The first-order valence-electron chi connectivity index (χ1n) is 1.17. The normalized spacial score (nSPS) is 6.89. The first kappa shape index (κ1) is 22.6. The molecule has 0 amide bonds. The Morgan fingerprint density at radius 3 is 1.00 bits per heavy atom. The first-order valence-corrected chi connectivity index (χ1v) is 2.50. The maximum Gasteiger partial charge on any atom is 1.00 e. The molecule has 0 saturated heterocycles. The number of hydrogen-bond acceptors (Lipinski definition) is 4. The van der Waals surface area contributed by atoms with Gasteiger partial charge in [-0.3, -0.25) is 8.42 Å². The van der Waals surface area contributed by atoms with Crippen LogP contribution in [0.4, 0.5) is 0 Å². The van der Waals surface area contributed by atoms with Crippen LogP contribution in [0.1, 0.15) is 0 Å². The monoisotopic (exact) mass is 202 g/mol. The van der Waals surface area contributed by atoms with Crippen LogP contribution in [0.25, 0.3) is 0 Å². The van der Waals surface area contributed by atoms with Gasteiger partial charge in [0, 0.05) is 10.4 Å². The maximum absolute atomic E-state index is 8.52. The van der Waals surface area contributed by atoms with Crippen molar-refractivity contribution in [1.29, 1.82) is 0 Å². The van der Waals surface area contributed by atoms with Gasteiger partial charge < -0.3 is 9.11 Å². The molecule has 0 aromatic heterocycles. The van der Waals surface area contributed by atoms with Gasteiger partial charge in [-0.1, -0.05) is 0 Å². The summed E-state index contributed by atoms with van der Waals surface area (Å²) in [6.07, 6.45) is 0. The summed E-state index contributed by atoms with van der Waals surface area (Å²) >= 11 is 0. The van der Waals surface area contributed by atoms with E-state index in [9.17, 15) is 0 Å². The molecule has 0 rings (SSSR count). The number of rotatable bonds is 0. The van der Waals surface area contributed by atoms with Gasteiger partial charge in [0.15, 0.2) is 0 Å². The van der Waals surface area contributed by atoms with E-state index >= 15 is 0 Å². The van der Waals surface area contributed by atoms with Crippen molar-refractivity contribution >= 4 is 10.4 Å². The third-order valence-electron chi connectivity index (χ3n) is 0. The fourth-order valence-corrected chi connectivity index (χ4v) is 0. The van der Waals surface area contributed by atoms with Gasteiger partial charge in [-0.2, -0.15) is 0 Å². The zero-order valence-corrected chi connectivity index (χ0v) is 12.5. The molecular weight excluding hydrogens is 198 g/mol. The van der Waals surface area contributed by atoms with Crippen molar-refractivity contribution < 1.29 is 120 Å². The summed E-state index contributed by atoms with van der Waals surface area (Å²) in [6.45, 7) is 6.00. The Balaban J connectivity index is -0.0000000286. The van der Waals surface area contributed by atoms with Gasteiger partial charge in [-0.15, -0.1) is 13.2 Å². The van der Waals surface area contributed by atoms with E-state index in [1.165, 1.54) is 0 Å². The van der Waals surface area contributed by atoms with Crippen molar-refractivity contribution in [3.05, 3.63) is 13.2 Å². The Morgan fingerprint density at radius 2 is 1.00 bits per heavy atom. The minimum Gasteiger partial charge on any atom is -0.759 e. The van der Waals surface area contributed by atoms with E-state index in [-0.39, 0.29) is 103 Å². The van der Waals surface area contributed by atoms with Crippen molar-refractivity contribution in [2.24, 2.45) is 0 Å². The topological polar surface area (TPSA) is 80.3 Å². The summed E-state index contributed by atoms with van der Waals surface area (Å²) in [5, 5.41) is 0. The SMILES string of the molecule is C=C.O=S(=O)([O-])[O-].[K+].[K+]. The Hall–Kier alpha value is 2.88. The van der Waals surface area contributed by atoms with E-state index in [0.29, 0.717) is 0 Å². The zero-order chi connectivity index (χ0) is 6.50. The van der Waals surface area contributed by atoms with Gasteiger partial charge in [0.2, 0.25) is 0 Å². The molecule has 0 bridgehead atoms. The summed E-state index contributed by atoms with van der Waals surface area (Å²) in [4.78, 5) is 0. The van der Waals surface area contributed by atoms with Gasteiger partial charge in [-0.05, 0) is 0 Å². The van der Waals surface area contributed by atoms with Crippen LogP contribution in [0.2, 0.25) is 0 Å². The molecule has 0 atom stereocenters. The summed E-state index contributed by atoms with van der Waals surface area (Å²) in [5.41, 5.74) is 0. The largest absolute Gasteiger partial charge is 1.00 e. The van der Waals surface area contributed by atoms with Crippen molar-refractivity contribution in [3.63, 3.8) is 0 Å². The third kappa shape index (κ3) is 103. The predicted molar refractivity (Wildman–Crippen MR) is 21.7 cm³/mol. The molecule has 0 aromatic rings. The number of hydrogen-bond donors (Lipinski definition) is 0. The molecule has 0 aliphatic rings. The van der Waals surface area contributed by atoms with Crippen LogP contribution in [-0.4, -0.2) is 17.5 Å². The van der Waals surface area contributed by atoms with E-state index in [4.69, 9.17) is 17.5 Å². The van der Waals surface area contributed by atoms with Crippen LogP contribution >= 0.6 is 0 Å². The molecule has 0 unspecified atom stereocenters. The predicted octanol–water partition coefficient (Wildman–Crippen LogP) is -6.53. The maximum atomic E-state index is 8.52. The quantitative estimate of drug-likeness (QED) is 0.169. The van der Waals surface area contributed by atoms with Crippen molar-refractivity contribution in [2.45, 2.75) is 0 Å². The first-order chi connectivity index (χ1) is 3.00. The summed E-state index contributed by atoms with van der Waals surface area (Å²) in [6, 6.07) is 0. The molecule has 0 saturated carbocycles. The standard InChI is InChI=1S/C2H4.2K.H2O4S/c1-2;;;1-5(2,3)4/h1-2H2;;;(H2,1,2,3,4)/q;2*+1;/p-2. The molecule has 0 N–H and O–H groups in total. The second kappa shape index (κ2) is 13.5. The third-order valence-corrected chi connectivity index (χ3v) is 0. The Labute approximate surface area is 140 Å². The van der Waals surface area contributed by atoms with E-state index in [1.54, 1.807) is 0 Å². The Kier molecular flexibility index (Phi) is 33.9. The molecule has 0 aromatic carbocycles. The molecule has 0 heterocycles. The van der Waals surface area contributed by atoms with E-state index in [1.807, 2.05) is 0 Å². The molecule has 0 fully saturated rings. The molecule has 4 nitrogen and oxygen atoms in total. The smallest absolute Gasteiger partial charge is 0.759 e. The van der Waals surface area contributed by atoms with Crippen molar-refractivity contribution in [3.8, 4) is 0 Å². The average molecular weight is 202 g/mol. The molecule has 0 aliphatic carbocycles. The minimum atomic E-state index is -5.17. The molecule has 7 heteroatoms. The van der Waals surface area contributed by atoms with Crippen LogP contribution < -0.4 is 103 Å².